The van der Waals surface area contributed by atoms with Crippen LogP contribution in [0.4, 0.5) is 5.69 Å². The van der Waals surface area contributed by atoms with E-state index in [-0.39, 0.29) is 5.91 Å². The Morgan fingerprint density at radius 1 is 0.900 bits per heavy atom. The number of nitrogens with zero attached hydrogens (tertiary/aromatic N) is 2. The van der Waals surface area contributed by atoms with E-state index in [2.05, 4.69) is 5.32 Å². The number of benzene rings is 3. The first-order valence-corrected chi connectivity index (χ1v) is 9.73. The fraction of sp³-hybridized carbons (Fsp3) is 0.120. The van der Waals surface area contributed by atoms with E-state index in [1.807, 2.05) is 86.6 Å². The highest BCUT2D eigenvalue weighted by molar-refractivity contribution is 6.04. The lowest BCUT2D eigenvalue weighted by Gasteiger charge is -2.09. The number of hydrogen-bond donors (Lipinski definition) is 1. The van der Waals surface area contributed by atoms with Crippen molar-refractivity contribution in [3.8, 4) is 22.7 Å². The van der Waals surface area contributed by atoms with Crippen LogP contribution in [-0.2, 0) is 0 Å². The number of hydrogen-bond acceptors (Lipinski definition) is 3. The molecular formula is C25H23N3O2. The SMILES string of the molecule is COc1cccc(-c2cc(C(=O)Nc3ccc(C)cc3)n(-c3ccc(C)cc3)n2)c1. The maximum Gasteiger partial charge on any atom is 0.274 e. The van der Waals surface area contributed by atoms with Crippen molar-refractivity contribution >= 4 is 11.6 Å². The Kier molecular flexibility index (Phi) is 5.35. The number of aromatic nitrogens is 2. The predicted molar refractivity (Wildman–Crippen MR) is 119 cm³/mol. The van der Waals surface area contributed by atoms with Crippen LogP contribution in [-0.4, -0.2) is 22.8 Å². The Bertz CT molecular complexity index is 1180. The van der Waals surface area contributed by atoms with E-state index in [1.54, 1.807) is 17.9 Å². The van der Waals surface area contributed by atoms with Gasteiger partial charge < -0.3 is 10.1 Å². The van der Waals surface area contributed by atoms with E-state index in [0.29, 0.717) is 11.4 Å². The number of rotatable bonds is 5. The van der Waals surface area contributed by atoms with Crippen molar-refractivity contribution in [3.63, 3.8) is 0 Å². The van der Waals surface area contributed by atoms with Crippen molar-refractivity contribution in [3.05, 3.63) is 95.7 Å². The summed E-state index contributed by atoms with van der Waals surface area (Å²) in [7, 11) is 1.63. The number of carbonyl (C=O) groups excluding carboxylic acids is 1. The molecule has 0 unspecified atom stereocenters. The first kappa shape index (κ1) is 19.5. The molecule has 4 aromatic rings. The summed E-state index contributed by atoms with van der Waals surface area (Å²) in [6.07, 6.45) is 0. The Morgan fingerprint density at radius 3 is 2.23 bits per heavy atom. The van der Waals surface area contributed by atoms with Gasteiger partial charge in [-0.3, -0.25) is 4.79 Å². The Labute approximate surface area is 175 Å². The van der Waals surface area contributed by atoms with Crippen LogP contribution in [0.5, 0.6) is 5.75 Å². The van der Waals surface area contributed by atoms with Gasteiger partial charge in [-0.15, -0.1) is 0 Å². The summed E-state index contributed by atoms with van der Waals surface area (Å²) >= 11 is 0. The molecule has 0 radical (unpaired) electrons. The number of ether oxygens (including phenoxy) is 1. The monoisotopic (exact) mass is 397 g/mol. The van der Waals surface area contributed by atoms with Crippen molar-refractivity contribution < 1.29 is 9.53 Å². The molecule has 4 rings (SSSR count). The fourth-order valence-electron chi connectivity index (χ4n) is 3.18. The second-order valence-electron chi connectivity index (χ2n) is 7.21. The number of carbonyl (C=O) groups is 1. The molecule has 1 heterocycles. The van der Waals surface area contributed by atoms with Gasteiger partial charge in [-0.05, 0) is 56.3 Å². The van der Waals surface area contributed by atoms with E-state index in [9.17, 15) is 4.79 Å². The van der Waals surface area contributed by atoms with E-state index < -0.39 is 0 Å². The van der Waals surface area contributed by atoms with Gasteiger partial charge in [0.2, 0.25) is 0 Å². The smallest absolute Gasteiger partial charge is 0.274 e. The van der Waals surface area contributed by atoms with Gasteiger partial charge in [-0.25, -0.2) is 4.68 Å². The van der Waals surface area contributed by atoms with Crippen LogP contribution in [0.1, 0.15) is 21.6 Å². The Balaban J connectivity index is 1.76. The molecule has 5 nitrogen and oxygen atoms in total. The third-order valence-electron chi connectivity index (χ3n) is 4.90. The molecule has 30 heavy (non-hydrogen) atoms. The summed E-state index contributed by atoms with van der Waals surface area (Å²) in [5, 5.41) is 7.70. The third-order valence-corrected chi connectivity index (χ3v) is 4.90. The standard InChI is InChI=1S/C25H23N3O2/c1-17-7-11-20(12-8-17)26-25(29)24-16-23(19-5-4-6-22(15-19)30-3)27-28(24)21-13-9-18(2)10-14-21/h4-16H,1-3H3,(H,26,29). The molecule has 0 aliphatic heterocycles. The predicted octanol–water partition coefficient (Wildman–Crippen LogP) is 5.42. The van der Waals surface area contributed by atoms with Gasteiger partial charge in [-0.2, -0.15) is 5.10 Å². The molecule has 1 N–H and O–H groups in total. The lowest BCUT2D eigenvalue weighted by Crippen LogP contribution is -2.16. The highest BCUT2D eigenvalue weighted by Gasteiger charge is 2.18. The van der Waals surface area contributed by atoms with E-state index in [4.69, 9.17) is 9.84 Å². The topological polar surface area (TPSA) is 56.1 Å². The van der Waals surface area contributed by atoms with Crippen molar-refractivity contribution in [1.29, 1.82) is 0 Å². The van der Waals surface area contributed by atoms with Gasteiger partial charge >= 0.3 is 0 Å². The Hall–Kier alpha value is -3.86. The summed E-state index contributed by atoms with van der Waals surface area (Å²) in [4.78, 5) is 13.1. The van der Waals surface area contributed by atoms with Crippen molar-refractivity contribution in [2.45, 2.75) is 13.8 Å². The third kappa shape index (κ3) is 4.10. The van der Waals surface area contributed by atoms with Gasteiger partial charge in [0.1, 0.15) is 11.4 Å². The van der Waals surface area contributed by atoms with Crippen molar-refractivity contribution in [1.82, 2.24) is 9.78 Å². The molecule has 0 aliphatic rings. The maximum atomic E-state index is 13.1. The molecule has 0 saturated heterocycles. The molecule has 0 atom stereocenters. The van der Waals surface area contributed by atoms with Crippen molar-refractivity contribution in [2.24, 2.45) is 0 Å². The summed E-state index contributed by atoms with van der Waals surface area (Å²) < 4.78 is 7.01. The minimum absolute atomic E-state index is 0.221. The van der Waals surface area contributed by atoms with Crippen LogP contribution in [0.15, 0.2) is 78.9 Å². The molecule has 150 valence electrons. The van der Waals surface area contributed by atoms with Crippen LogP contribution in [0.2, 0.25) is 0 Å². The first-order valence-electron chi connectivity index (χ1n) is 9.73. The second kappa shape index (κ2) is 8.25. The zero-order valence-corrected chi connectivity index (χ0v) is 17.2. The molecule has 1 aromatic heterocycles. The minimum Gasteiger partial charge on any atom is -0.497 e. The highest BCUT2D eigenvalue weighted by atomic mass is 16.5. The maximum absolute atomic E-state index is 13.1. The van der Waals surface area contributed by atoms with Crippen LogP contribution in [0.25, 0.3) is 16.9 Å². The van der Waals surface area contributed by atoms with Gasteiger partial charge in [0.05, 0.1) is 18.5 Å². The summed E-state index contributed by atoms with van der Waals surface area (Å²) in [5.41, 5.74) is 5.88. The number of nitrogens with one attached hydrogen (secondary N) is 1. The number of methoxy groups -OCH3 is 1. The van der Waals surface area contributed by atoms with E-state index in [1.165, 1.54) is 0 Å². The lowest BCUT2D eigenvalue weighted by molar-refractivity contribution is 0.101. The van der Waals surface area contributed by atoms with Gasteiger partial charge in [0.25, 0.3) is 5.91 Å². The van der Waals surface area contributed by atoms with Gasteiger partial charge in [-0.1, -0.05) is 47.5 Å². The average Bonchev–Trinajstić information content (AvgIpc) is 3.21. The lowest BCUT2D eigenvalue weighted by atomic mass is 10.1. The molecule has 0 spiro atoms. The fourth-order valence-corrected chi connectivity index (χ4v) is 3.18. The normalized spacial score (nSPS) is 10.6. The molecule has 1 amide bonds. The van der Waals surface area contributed by atoms with Crippen LogP contribution >= 0.6 is 0 Å². The molecule has 5 heteroatoms. The number of aryl methyl sites for hydroxylation is 2. The summed E-state index contributed by atoms with van der Waals surface area (Å²) in [6, 6.07) is 25.1. The summed E-state index contributed by atoms with van der Waals surface area (Å²) in [6.45, 7) is 4.04. The van der Waals surface area contributed by atoms with Crippen molar-refractivity contribution in [2.75, 3.05) is 12.4 Å². The highest BCUT2D eigenvalue weighted by Crippen LogP contribution is 2.26. The quantitative estimate of drug-likeness (QED) is 0.489. The molecule has 0 fully saturated rings. The zero-order valence-electron chi connectivity index (χ0n) is 17.2. The number of anilines is 1. The average molecular weight is 397 g/mol. The first-order chi connectivity index (χ1) is 14.5. The van der Waals surface area contributed by atoms with Gasteiger partial charge in [0, 0.05) is 11.3 Å². The zero-order chi connectivity index (χ0) is 21.1. The van der Waals surface area contributed by atoms with Gasteiger partial charge in [0.15, 0.2) is 0 Å². The molecule has 0 saturated carbocycles. The number of amides is 1. The minimum atomic E-state index is -0.221. The van der Waals surface area contributed by atoms with Crippen LogP contribution < -0.4 is 10.1 Å². The molecule has 0 bridgehead atoms. The molecule has 0 aliphatic carbocycles. The summed E-state index contributed by atoms with van der Waals surface area (Å²) in [5.74, 6) is 0.518. The van der Waals surface area contributed by atoms with E-state index in [0.717, 1.165) is 33.8 Å². The molecule has 3 aromatic carbocycles. The van der Waals surface area contributed by atoms with Crippen LogP contribution in [0, 0.1) is 13.8 Å². The largest absolute Gasteiger partial charge is 0.497 e. The second-order valence-corrected chi connectivity index (χ2v) is 7.21. The van der Waals surface area contributed by atoms with Crippen LogP contribution in [0.3, 0.4) is 0 Å². The Morgan fingerprint density at radius 2 is 1.57 bits per heavy atom. The molecular weight excluding hydrogens is 374 g/mol. The van der Waals surface area contributed by atoms with E-state index >= 15 is 0 Å².